The summed E-state index contributed by atoms with van der Waals surface area (Å²) in [4.78, 5) is 12.6. The number of rotatable bonds is 4. The van der Waals surface area contributed by atoms with Crippen molar-refractivity contribution in [1.29, 1.82) is 0 Å². The van der Waals surface area contributed by atoms with E-state index < -0.39 is 24.1 Å². The molecule has 3 nitrogen and oxygen atoms in total. The molecule has 100 valence electrons. The predicted molar refractivity (Wildman–Crippen MR) is 56.7 cm³/mol. The fourth-order valence-corrected chi connectivity index (χ4v) is 2.34. The van der Waals surface area contributed by atoms with Crippen LogP contribution in [0.15, 0.2) is 0 Å². The standard InChI is InChI=1S/C11H18F3NO2/c1-3-4-8(2)15-6-5-10(7-15,9(16)17)11(12,13)14/h8H,3-7H2,1-2H3,(H,16,17). The Morgan fingerprint density at radius 2 is 2.12 bits per heavy atom. The lowest BCUT2D eigenvalue weighted by Gasteiger charge is -2.29. The number of aliphatic carboxylic acids is 1. The Balaban J connectivity index is 2.83. The number of carboxylic acids is 1. The Labute approximate surface area is 98.6 Å². The Kier molecular flexibility index (Phi) is 4.06. The van der Waals surface area contributed by atoms with Crippen molar-refractivity contribution in [3.8, 4) is 0 Å². The Bertz CT molecular complexity index is 293. The molecule has 2 unspecified atom stereocenters. The van der Waals surface area contributed by atoms with E-state index in [4.69, 9.17) is 5.11 Å². The molecule has 0 radical (unpaired) electrons. The summed E-state index contributed by atoms with van der Waals surface area (Å²) in [6.07, 6.45) is -3.36. The zero-order valence-corrected chi connectivity index (χ0v) is 10.0. The minimum Gasteiger partial charge on any atom is -0.481 e. The van der Waals surface area contributed by atoms with Gasteiger partial charge in [0.05, 0.1) is 0 Å². The number of likely N-dealkylation sites (tertiary alicyclic amines) is 1. The Morgan fingerprint density at radius 3 is 2.47 bits per heavy atom. The molecule has 1 fully saturated rings. The molecule has 0 aromatic carbocycles. The molecule has 0 bridgehead atoms. The second-order valence-electron chi connectivity index (χ2n) is 4.74. The largest absolute Gasteiger partial charge is 0.481 e. The molecule has 6 heteroatoms. The van der Waals surface area contributed by atoms with Crippen molar-refractivity contribution in [3.05, 3.63) is 0 Å². The number of hydrogen-bond acceptors (Lipinski definition) is 2. The van der Waals surface area contributed by atoms with Gasteiger partial charge < -0.3 is 5.11 Å². The Morgan fingerprint density at radius 1 is 1.53 bits per heavy atom. The third kappa shape index (κ3) is 2.56. The van der Waals surface area contributed by atoms with E-state index in [1.165, 1.54) is 0 Å². The molecule has 2 atom stereocenters. The van der Waals surface area contributed by atoms with Crippen LogP contribution in [0.1, 0.15) is 33.1 Å². The van der Waals surface area contributed by atoms with Crippen LogP contribution in [0, 0.1) is 5.41 Å². The quantitative estimate of drug-likeness (QED) is 0.837. The van der Waals surface area contributed by atoms with E-state index in [1.54, 1.807) is 4.90 Å². The van der Waals surface area contributed by atoms with Gasteiger partial charge in [-0.2, -0.15) is 13.2 Å². The number of carboxylic acid groups (broad SMARTS) is 1. The molecule has 0 spiro atoms. The summed E-state index contributed by atoms with van der Waals surface area (Å²) in [5.41, 5.74) is -2.57. The van der Waals surface area contributed by atoms with Gasteiger partial charge in [-0.15, -0.1) is 0 Å². The fourth-order valence-electron chi connectivity index (χ4n) is 2.34. The minimum absolute atomic E-state index is 0.00331. The van der Waals surface area contributed by atoms with Gasteiger partial charge in [0.1, 0.15) is 0 Å². The van der Waals surface area contributed by atoms with Gasteiger partial charge in [0.25, 0.3) is 0 Å². The molecule has 17 heavy (non-hydrogen) atoms. The number of nitrogens with zero attached hydrogens (tertiary/aromatic N) is 1. The van der Waals surface area contributed by atoms with E-state index in [0.29, 0.717) is 0 Å². The highest BCUT2D eigenvalue weighted by Gasteiger charge is 2.63. The number of alkyl halides is 3. The van der Waals surface area contributed by atoms with Gasteiger partial charge in [0.2, 0.25) is 0 Å². The van der Waals surface area contributed by atoms with E-state index >= 15 is 0 Å². The van der Waals surface area contributed by atoms with Crippen molar-refractivity contribution in [3.63, 3.8) is 0 Å². The van der Waals surface area contributed by atoms with Crippen LogP contribution in [0.4, 0.5) is 13.2 Å². The summed E-state index contributed by atoms with van der Waals surface area (Å²) in [7, 11) is 0. The van der Waals surface area contributed by atoms with Crippen molar-refractivity contribution in [2.45, 2.75) is 45.3 Å². The summed E-state index contributed by atoms with van der Waals surface area (Å²) in [5, 5.41) is 8.88. The number of halogens is 3. The second kappa shape index (κ2) is 4.84. The molecule has 0 amide bonds. The SMILES string of the molecule is CCCC(C)N1CCC(C(=O)O)(C(F)(F)F)C1. The maximum Gasteiger partial charge on any atom is 0.406 e. The molecule has 1 N–H and O–H groups in total. The molecule has 1 saturated heterocycles. The van der Waals surface area contributed by atoms with Crippen molar-refractivity contribution >= 4 is 5.97 Å². The molecule has 0 aliphatic carbocycles. The maximum atomic E-state index is 12.9. The predicted octanol–water partition coefficient (Wildman–Crippen LogP) is 2.51. The average molecular weight is 253 g/mol. The van der Waals surface area contributed by atoms with Crippen molar-refractivity contribution < 1.29 is 23.1 Å². The fraction of sp³-hybridized carbons (Fsp3) is 0.909. The first kappa shape index (κ1) is 14.3. The van der Waals surface area contributed by atoms with Crippen molar-refractivity contribution in [1.82, 2.24) is 4.90 Å². The molecule has 0 aromatic heterocycles. The lowest BCUT2D eigenvalue weighted by molar-refractivity contribution is -0.227. The highest BCUT2D eigenvalue weighted by Crippen LogP contribution is 2.46. The van der Waals surface area contributed by atoms with Crippen molar-refractivity contribution in [2.24, 2.45) is 5.41 Å². The van der Waals surface area contributed by atoms with Gasteiger partial charge in [0, 0.05) is 12.6 Å². The van der Waals surface area contributed by atoms with Crippen LogP contribution in [0.5, 0.6) is 0 Å². The number of carbonyl (C=O) groups is 1. The van der Waals surface area contributed by atoms with Crippen LogP contribution in [0.25, 0.3) is 0 Å². The average Bonchev–Trinajstić information content (AvgIpc) is 2.62. The monoisotopic (exact) mass is 253 g/mol. The van der Waals surface area contributed by atoms with Gasteiger partial charge in [-0.05, 0) is 26.3 Å². The van der Waals surface area contributed by atoms with Crippen LogP contribution >= 0.6 is 0 Å². The highest BCUT2D eigenvalue weighted by atomic mass is 19.4. The lowest BCUT2D eigenvalue weighted by atomic mass is 9.86. The third-order valence-corrected chi connectivity index (χ3v) is 3.58. The maximum absolute atomic E-state index is 12.9. The molecule has 1 heterocycles. The summed E-state index contributed by atoms with van der Waals surface area (Å²) in [5.74, 6) is -1.75. The Hall–Kier alpha value is -0.780. The summed E-state index contributed by atoms with van der Waals surface area (Å²) in [6, 6.07) is 0.00331. The van der Waals surface area contributed by atoms with Crippen LogP contribution in [0.3, 0.4) is 0 Å². The minimum atomic E-state index is -4.68. The first-order valence-electron chi connectivity index (χ1n) is 5.79. The van der Waals surface area contributed by atoms with Crippen LogP contribution in [-0.4, -0.2) is 41.3 Å². The van der Waals surface area contributed by atoms with E-state index in [2.05, 4.69) is 0 Å². The second-order valence-corrected chi connectivity index (χ2v) is 4.74. The zero-order valence-electron chi connectivity index (χ0n) is 10.0. The molecule has 1 aliphatic rings. The summed E-state index contributed by atoms with van der Waals surface area (Å²) < 4.78 is 38.6. The first-order valence-corrected chi connectivity index (χ1v) is 5.79. The van der Waals surface area contributed by atoms with Gasteiger partial charge >= 0.3 is 12.1 Å². The molecule has 0 saturated carbocycles. The molecule has 1 aliphatic heterocycles. The molecule has 1 rings (SSSR count). The third-order valence-electron chi connectivity index (χ3n) is 3.58. The van der Waals surface area contributed by atoms with E-state index in [0.717, 1.165) is 12.8 Å². The molecule has 0 aromatic rings. The molecular weight excluding hydrogens is 235 g/mol. The smallest absolute Gasteiger partial charge is 0.406 e. The lowest BCUT2D eigenvalue weighted by Crippen LogP contribution is -2.48. The van der Waals surface area contributed by atoms with Crippen LogP contribution < -0.4 is 0 Å². The summed E-state index contributed by atoms with van der Waals surface area (Å²) in [6.45, 7) is 3.58. The van der Waals surface area contributed by atoms with E-state index in [9.17, 15) is 18.0 Å². The zero-order chi connectivity index (χ0) is 13.3. The number of hydrogen-bond donors (Lipinski definition) is 1. The molecular formula is C11H18F3NO2. The first-order chi connectivity index (χ1) is 7.74. The van der Waals surface area contributed by atoms with Gasteiger partial charge in [0.15, 0.2) is 5.41 Å². The van der Waals surface area contributed by atoms with Crippen molar-refractivity contribution in [2.75, 3.05) is 13.1 Å². The normalized spacial score (nSPS) is 28.3. The van der Waals surface area contributed by atoms with E-state index in [1.807, 2.05) is 13.8 Å². The topological polar surface area (TPSA) is 40.5 Å². The van der Waals surface area contributed by atoms with Gasteiger partial charge in [-0.1, -0.05) is 13.3 Å². The summed E-state index contributed by atoms with van der Waals surface area (Å²) >= 11 is 0. The van der Waals surface area contributed by atoms with Gasteiger partial charge in [-0.25, -0.2) is 0 Å². The van der Waals surface area contributed by atoms with Crippen LogP contribution in [-0.2, 0) is 4.79 Å². The highest BCUT2D eigenvalue weighted by molar-refractivity contribution is 5.76. The van der Waals surface area contributed by atoms with Crippen LogP contribution in [0.2, 0.25) is 0 Å². The van der Waals surface area contributed by atoms with Gasteiger partial charge in [-0.3, -0.25) is 9.69 Å². The van der Waals surface area contributed by atoms with E-state index in [-0.39, 0.29) is 19.0 Å².